The van der Waals surface area contributed by atoms with E-state index >= 15 is 0 Å². The van der Waals surface area contributed by atoms with Gasteiger partial charge in [-0.1, -0.05) is 146 Å². The Kier molecular flexibility index (Phi) is 7.59. The van der Waals surface area contributed by atoms with Crippen LogP contribution < -0.4 is 0 Å². The van der Waals surface area contributed by atoms with E-state index in [0.29, 0.717) is 17.5 Å². The van der Waals surface area contributed by atoms with Crippen LogP contribution in [-0.4, -0.2) is 19.5 Å². The highest BCUT2D eigenvalue weighted by atomic mass is 32.1. The summed E-state index contributed by atoms with van der Waals surface area (Å²) in [5.41, 5.74) is 7.56. The molecule has 0 radical (unpaired) electrons. The van der Waals surface area contributed by atoms with Gasteiger partial charge >= 0.3 is 0 Å². The van der Waals surface area contributed by atoms with E-state index in [-0.39, 0.29) is 0 Å². The molecule has 0 aliphatic rings. The lowest BCUT2D eigenvalue weighted by Crippen LogP contribution is -2.04. The Bertz CT molecular complexity index is 4500. The third kappa shape index (κ3) is 5.57. The minimum Gasteiger partial charge on any atom is -0.456 e. The van der Waals surface area contributed by atoms with Crippen molar-refractivity contribution in [2.45, 2.75) is 0 Å². The van der Waals surface area contributed by atoms with Crippen LogP contribution in [0.2, 0.25) is 0 Å². The number of rotatable bonds is 4. The molecular formula is C61H34N4OS. The maximum absolute atomic E-state index is 6.44. The van der Waals surface area contributed by atoms with Crippen molar-refractivity contribution in [1.29, 1.82) is 0 Å². The van der Waals surface area contributed by atoms with Gasteiger partial charge in [0.25, 0.3) is 0 Å². The zero-order valence-electron chi connectivity index (χ0n) is 35.7. The predicted molar refractivity (Wildman–Crippen MR) is 281 cm³/mol. The molecule has 4 aromatic heterocycles. The van der Waals surface area contributed by atoms with Gasteiger partial charge in [-0.15, -0.1) is 11.3 Å². The molecule has 0 spiro atoms. The standard InChI is InChI=1S/C61H34N4OS/c1-2-13-37-27-42(22-21-35(37)11-1)59-62-60(43-24-25-46-45-19-9-10-20-55(45)66-56(46)32-43)64-61(63-59)51-34-57-50(47-26-23-36-12-7-8-18-44(36)58(47)67-57)33-54(51)65-52-30-40-16-5-3-14-38(40)28-48(52)49-29-39-15-4-6-17-41(39)31-53(49)65/h1-34H. The van der Waals surface area contributed by atoms with Crippen molar-refractivity contribution in [2.24, 2.45) is 0 Å². The first-order chi connectivity index (χ1) is 33.1. The van der Waals surface area contributed by atoms with E-state index in [4.69, 9.17) is 19.4 Å². The first-order valence-electron chi connectivity index (χ1n) is 22.6. The molecule has 11 aromatic carbocycles. The van der Waals surface area contributed by atoms with Crippen LogP contribution in [0.1, 0.15) is 0 Å². The van der Waals surface area contributed by atoms with Crippen molar-refractivity contribution in [3.8, 4) is 39.9 Å². The van der Waals surface area contributed by atoms with E-state index in [0.717, 1.165) is 66.1 Å². The lowest BCUT2D eigenvalue weighted by molar-refractivity contribution is 0.669. The molecule has 6 heteroatoms. The summed E-state index contributed by atoms with van der Waals surface area (Å²) >= 11 is 1.83. The molecule has 15 rings (SSSR count). The monoisotopic (exact) mass is 870 g/mol. The molecule has 0 saturated carbocycles. The number of nitrogens with zero attached hydrogens (tertiary/aromatic N) is 4. The van der Waals surface area contributed by atoms with Crippen LogP contribution in [0, 0.1) is 0 Å². The maximum Gasteiger partial charge on any atom is 0.166 e. The molecule has 0 aliphatic heterocycles. The smallest absolute Gasteiger partial charge is 0.166 e. The molecule has 0 bridgehead atoms. The number of hydrogen-bond donors (Lipinski definition) is 0. The Morgan fingerprint density at radius 3 is 1.58 bits per heavy atom. The Hall–Kier alpha value is -8.71. The van der Waals surface area contributed by atoms with Crippen molar-refractivity contribution in [3.05, 3.63) is 206 Å². The second-order valence-electron chi connectivity index (χ2n) is 17.6. The molecule has 0 aliphatic carbocycles. The number of fused-ring (bicyclic) bond motifs is 14. The predicted octanol–water partition coefficient (Wildman–Crippen LogP) is 16.8. The third-order valence-corrected chi connectivity index (χ3v) is 14.9. The maximum atomic E-state index is 6.44. The van der Waals surface area contributed by atoms with Crippen molar-refractivity contribution < 1.29 is 4.42 Å². The number of benzene rings is 11. The van der Waals surface area contributed by atoms with Crippen molar-refractivity contribution in [2.75, 3.05) is 0 Å². The van der Waals surface area contributed by atoms with E-state index in [2.05, 4.69) is 199 Å². The molecule has 15 aromatic rings. The van der Waals surface area contributed by atoms with Gasteiger partial charge in [0.05, 0.1) is 16.7 Å². The molecule has 4 heterocycles. The van der Waals surface area contributed by atoms with Crippen LogP contribution in [-0.2, 0) is 0 Å². The fourth-order valence-corrected chi connectivity index (χ4v) is 11.8. The van der Waals surface area contributed by atoms with Crippen molar-refractivity contribution in [1.82, 2.24) is 19.5 Å². The minimum absolute atomic E-state index is 0.572. The Balaban J connectivity index is 1.08. The van der Waals surface area contributed by atoms with Gasteiger partial charge < -0.3 is 8.98 Å². The SMILES string of the molecule is c1ccc2cc(-c3nc(-c4ccc5c(c4)oc4ccccc45)nc(-c4cc5sc6c7ccccc7ccc6c5cc4-n4c5cc6ccccc6cc5c5cc6ccccc6cc54)n3)ccc2c1. The van der Waals surface area contributed by atoms with Gasteiger partial charge in [-0.3, -0.25) is 0 Å². The Labute approximate surface area is 386 Å². The molecule has 5 nitrogen and oxygen atoms in total. The third-order valence-electron chi connectivity index (χ3n) is 13.7. The largest absolute Gasteiger partial charge is 0.456 e. The normalized spacial score (nSPS) is 12.2. The summed E-state index contributed by atoms with van der Waals surface area (Å²) in [5.74, 6) is 1.76. The average molecular weight is 871 g/mol. The highest BCUT2D eigenvalue weighted by Crippen LogP contribution is 2.45. The molecular weight excluding hydrogens is 837 g/mol. The molecule has 0 atom stereocenters. The summed E-state index contributed by atoms with van der Waals surface area (Å²) in [5, 5.41) is 16.5. The fraction of sp³-hybridized carbons (Fsp3) is 0. The van der Waals surface area contributed by atoms with Gasteiger partial charge in [0.1, 0.15) is 11.2 Å². The summed E-state index contributed by atoms with van der Waals surface area (Å²) in [6.45, 7) is 0. The number of para-hydroxylation sites is 1. The first kappa shape index (κ1) is 36.6. The zero-order chi connectivity index (χ0) is 43.7. The van der Waals surface area contributed by atoms with E-state index in [1.165, 1.54) is 63.3 Å². The number of aromatic nitrogens is 4. The Morgan fingerprint density at radius 1 is 0.343 bits per heavy atom. The van der Waals surface area contributed by atoms with Gasteiger partial charge in [0, 0.05) is 58.4 Å². The fourth-order valence-electron chi connectivity index (χ4n) is 10.5. The molecule has 0 N–H and O–H groups in total. The summed E-state index contributed by atoms with van der Waals surface area (Å²) in [6, 6.07) is 74.1. The van der Waals surface area contributed by atoms with Gasteiger partial charge in [-0.2, -0.15) is 0 Å². The number of furan rings is 1. The van der Waals surface area contributed by atoms with Crippen molar-refractivity contribution >= 4 is 118 Å². The summed E-state index contributed by atoms with van der Waals surface area (Å²) in [4.78, 5) is 16.3. The van der Waals surface area contributed by atoms with E-state index < -0.39 is 0 Å². The number of thiophene rings is 1. The van der Waals surface area contributed by atoms with Crippen LogP contribution in [0.5, 0.6) is 0 Å². The van der Waals surface area contributed by atoms with Gasteiger partial charge in [0.15, 0.2) is 17.5 Å². The summed E-state index contributed by atoms with van der Waals surface area (Å²) < 4.78 is 11.3. The molecule has 310 valence electrons. The van der Waals surface area contributed by atoms with Crippen LogP contribution in [0.25, 0.3) is 147 Å². The second kappa shape index (κ2) is 13.9. The molecule has 0 amide bonds. The summed E-state index contributed by atoms with van der Waals surface area (Å²) in [6.07, 6.45) is 0. The summed E-state index contributed by atoms with van der Waals surface area (Å²) in [7, 11) is 0. The zero-order valence-corrected chi connectivity index (χ0v) is 36.6. The van der Waals surface area contributed by atoms with Crippen LogP contribution in [0.15, 0.2) is 211 Å². The minimum atomic E-state index is 0.572. The Morgan fingerprint density at radius 2 is 0.866 bits per heavy atom. The van der Waals surface area contributed by atoms with E-state index in [1.54, 1.807) is 0 Å². The van der Waals surface area contributed by atoms with E-state index in [9.17, 15) is 0 Å². The lowest BCUT2D eigenvalue weighted by atomic mass is 10.0. The lowest BCUT2D eigenvalue weighted by Gasteiger charge is -2.16. The molecule has 0 unspecified atom stereocenters. The van der Waals surface area contributed by atoms with E-state index in [1.807, 2.05) is 23.5 Å². The highest BCUT2D eigenvalue weighted by Gasteiger charge is 2.23. The topological polar surface area (TPSA) is 56.7 Å². The van der Waals surface area contributed by atoms with Gasteiger partial charge in [-0.05, 0) is 104 Å². The van der Waals surface area contributed by atoms with Crippen LogP contribution >= 0.6 is 11.3 Å². The number of hydrogen-bond acceptors (Lipinski definition) is 5. The highest BCUT2D eigenvalue weighted by molar-refractivity contribution is 7.26. The van der Waals surface area contributed by atoms with Crippen LogP contribution in [0.3, 0.4) is 0 Å². The van der Waals surface area contributed by atoms with Gasteiger partial charge in [-0.25, -0.2) is 15.0 Å². The van der Waals surface area contributed by atoms with Gasteiger partial charge in [0.2, 0.25) is 0 Å². The second-order valence-corrected chi connectivity index (χ2v) is 18.6. The molecule has 0 fully saturated rings. The quantitative estimate of drug-likeness (QED) is 0.177. The average Bonchev–Trinajstić information content (AvgIpc) is 4.05. The first-order valence-corrected chi connectivity index (χ1v) is 23.4. The van der Waals surface area contributed by atoms with Crippen molar-refractivity contribution in [3.63, 3.8) is 0 Å². The van der Waals surface area contributed by atoms with Crippen LogP contribution in [0.4, 0.5) is 0 Å². The molecule has 0 saturated heterocycles. The molecule has 67 heavy (non-hydrogen) atoms.